The van der Waals surface area contributed by atoms with E-state index >= 15 is 0 Å². The van der Waals surface area contributed by atoms with Crippen LogP contribution in [0.5, 0.6) is 0 Å². The Hall–Kier alpha value is 1.79. The summed E-state index contributed by atoms with van der Waals surface area (Å²) in [5.74, 6) is -0.0931. The first-order chi connectivity index (χ1) is 10.8. The van der Waals surface area contributed by atoms with Gasteiger partial charge in [-0.15, -0.1) is 0 Å². The number of cyclic esters (lactones) is 1. The monoisotopic (exact) mass is 600 g/mol. The van der Waals surface area contributed by atoms with Crippen molar-refractivity contribution in [3.05, 3.63) is 41.8 Å². The normalized spacial score (nSPS) is 19.7. The smallest absolute Gasteiger partial charge is 0.173 e. The molecule has 0 unspecified atom stereocenters. The summed E-state index contributed by atoms with van der Waals surface area (Å²) < 4.78 is 11.6. The van der Waals surface area contributed by atoms with Crippen molar-refractivity contribution < 1.29 is 118 Å². The predicted octanol–water partition coefficient (Wildman–Crippen LogP) is 3.66. The third-order valence-corrected chi connectivity index (χ3v) is 5.78. The minimum Gasteiger partial charge on any atom is -0.484 e. The molecule has 2 rings (SSSR count). The number of esters is 1. The van der Waals surface area contributed by atoms with Gasteiger partial charge in [0, 0.05) is 98.1 Å². The minimum atomic E-state index is -1.46. The number of benzene rings is 1. The first-order valence-electron chi connectivity index (χ1n) is 8.34. The molecule has 1 saturated heterocycles. The van der Waals surface area contributed by atoms with Crippen LogP contribution < -0.4 is 0 Å². The summed E-state index contributed by atoms with van der Waals surface area (Å²) in [5, 5.41) is 11.3. The number of hydrogen-bond donors (Lipinski definition) is 1. The summed E-state index contributed by atoms with van der Waals surface area (Å²) in [7, 11) is 0. The zero-order valence-corrected chi connectivity index (χ0v) is 26.0. The van der Waals surface area contributed by atoms with Crippen LogP contribution in [0.1, 0.15) is 54.0 Å². The van der Waals surface area contributed by atoms with Crippen LogP contribution in [0.4, 0.5) is 0 Å². The van der Waals surface area contributed by atoms with Gasteiger partial charge in [-0.1, -0.05) is 56.5 Å². The average molecular weight is 600 g/mol. The Kier molecular flexibility index (Phi) is 12.5. The molecule has 3 radical (unpaired) electrons. The van der Waals surface area contributed by atoms with Gasteiger partial charge in [0.25, 0.3) is 0 Å². The van der Waals surface area contributed by atoms with E-state index in [0.717, 1.165) is 5.56 Å². The molecule has 4 nitrogen and oxygen atoms in total. The van der Waals surface area contributed by atoms with Crippen LogP contribution in [0.3, 0.4) is 0 Å². The largest absolute Gasteiger partial charge is 0.484 e. The van der Waals surface area contributed by atoms with Crippen molar-refractivity contribution >= 4 is 5.97 Å². The summed E-state index contributed by atoms with van der Waals surface area (Å²) in [4.78, 5) is 12.5. The quantitative estimate of drug-likeness (QED) is 0.415. The van der Waals surface area contributed by atoms with Gasteiger partial charge < -0.3 is 14.6 Å². The summed E-state index contributed by atoms with van der Waals surface area (Å²) in [6.07, 6.45) is 0. The number of carbonyl (C=O) groups excluding carboxylic acids is 1. The zero-order valence-electron chi connectivity index (χ0n) is 17.5. The molecule has 0 spiro atoms. The van der Waals surface area contributed by atoms with Gasteiger partial charge in [0.1, 0.15) is 0 Å². The molecule has 1 aromatic carbocycles. The minimum absolute atomic E-state index is 0. The first-order valence-corrected chi connectivity index (χ1v) is 8.34. The molecular formula is C20H29O4Y3-. The standard InChI is InChI=1S/C20H29O4.3Y/c1-17(2)15(16(21)24-18(17,3)4)20(7,22)19(5,6)23-13-14-11-9-8-10-12-14;;;/h8-12,22H,13H2,1-7H3;;;/q-1;;;/t20-;;;/m0.../s1. The number of carbonyl (C=O) groups is 1. The van der Waals surface area contributed by atoms with Crippen LogP contribution in [0.25, 0.3) is 0 Å². The van der Waals surface area contributed by atoms with E-state index in [1.54, 1.807) is 20.8 Å². The molecule has 0 bridgehead atoms. The molecule has 0 aliphatic carbocycles. The number of rotatable bonds is 5. The Morgan fingerprint density at radius 1 is 1.04 bits per heavy atom. The van der Waals surface area contributed by atoms with Gasteiger partial charge in [-0.2, -0.15) is 0 Å². The van der Waals surface area contributed by atoms with E-state index < -0.39 is 28.2 Å². The van der Waals surface area contributed by atoms with Crippen molar-refractivity contribution in [1.29, 1.82) is 0 Å². The molecule has 1 aromatic rings. The zero-order chi connectivity index (χ0) is 18.4. The van der Waals surface area contributed by atoms with Crippen LogP contribution >= 0.6 is 0 Å². The number of aliphatic hydroxyl groups is 1. The maximum atomic E-state index is 12.5. The van der Waals surface area contributed by atoms with E-state index in [0.29, 0.717) is 12.5 Å². The third kappa shape index (κ3) is 6.16. The second-order valence-electron chi connectivity index (χ2n) is 8.26. The number of hydrogen-bond acceptors (Lipinski definition) is 4. The van der Waals surface area contributed by atoms with Crippen molar-refractivity contribution in [3.8, 4) is 0 Å². The first kappa shape index (κ1) is 31.0. The SMILES string of the molecule is CC1(C)OC(=O)[C-]([C@](C)(O)C(C)(C)OCc2ccccc2)C1(C)C.[Y].[Y].[Y]. The Bertz CT molecular complexity index is 613. The predicted molar refractivity (Wildman–Crippen MR) is 93.1 cm³/mol. The molecule has 1 N–H and O–H groups in total. The van der Waals surface area contributed by atoms with Crippen LogP contribution in [-0.2, 0) is 119 Å². The molecule has 0 amide bonds. The molecular weight excluding hydrogens is 571 g/mol. The van der Waals surface area contributed by atoms with E-state index in [1.807, 2.05) is 58.0 Å². The van der Waals surface area contributed by atoms with Crippen LogP contribution in [0.15, 0.2) is 30.3 Å². The van der Waals surface area contributed by atoms with Gasteiger partial charge in [-0.05, 0) is 38.9 Å². The van der Waals surface area contributed by atoms with Gasteiger partial charge in [-0.25, -0.2) is 5.92 Å². The summed E-state index contributed by atoms with van der Waals surface area (Å²) in [6, 6.07) is 9.76. The molecule has 0 saturated carbocycles. The van der Waals surface area contributed by atoms with Crippen LogP contribution in [0.2, 0.25) is 0 Å². The van der Waals surface area contributed by atoms with Gasteiger partial charge in [-0.3, -0.25) is 4.79 Å². The molecule has 1 aliphatic heterocycles. The molecule has 0 aromatic heterocycles. The topological polar surface area (TPSA) is 55.8 Å². The maximum absolute atomic E-state index is 12.5. The maximum Gasteiger partial charge on any atom is 0.173 e. The fraction of sp³-hybridized carbons (Fsp3) is 0.600. The average Bonchev–Trinajstić information content (AvgIpc) is 2.61. The Morgan fingerprint density at radius 2 is 1.52 bits per heavy atom. The fourth-order valence-corrected chi connectivity index (χ4v) is 3.05. The molecule has 143 valence electrons. The molecule has 1 aliphatic rings. The molecule has 7 heteroatoms. The van der Waals surface area contributed by atoms with E-state index in [-0.39, 0.29) is 98.1 Å². The summed E-state index contributed by atoms with van der Waals surface area (Å²) in [5.41, 5.74) is -2.70. The van der Waals surface area contributed by atoms with Crippen molar-refractivity contribution in [2.75, 3.05) is 0 Å². The molecule has 27 heavy (non-hydrogen) atoms. The van der Waals surface area contributed by atoms with E-state index in [4.69, 9.17) is 9.47 Å². The van der Waals surface area contributed by atoms with Gasteiger partial charge in [0.2, 0.25) is 0 Å². The van der Waals surface area contributed by atoms with E-state index in [9.17, 15) is 9.90 Å². The third-order valence-electron chi connectivity index (χ3n) is 5.78. The van der Waals surface area contributed by atoms with Crippen molar-refractivity contribution in [2.24, 2.45) is 5.41 Å². The van der Waals surface area contributed by atoms with Gasteiger partial charge in [0.05, 0.1) is 17.8 Å². The Morgan fingerprint density at radius 3 is 1.93 bits per heavy atom. The molecule has 1 fully saturated rings. The van der Waals surface area contributed by atoms with Crippen molar-refractivity contribution in [2.45, 2.75) is 71.9 Å². The summed E-state index contributed by atoms with van der Waals surface area (Å²) in [6.45, 7) is 13.2. The van der Waals surface area contributed by atoms with Gasteiger partial charge in [0.15, 0.2) is 5.97 Å². The number of ether oxygens (including phenoxy) is 2. The van der Waals surface area contributed by atoms with E-state index in [1.165, 1.54) is 0 Å². The van der Waals surface area contributed by atoms with Crippen LogP contribution in [0, 0.1) is 11.3 Å². The second-order valence-corrected chi connectivity index (χ2v) is 8.26. The van der Waals surface area contributed by atoms with Crippen LogP contribution in [-0.4, -0.2) is 27.9 Å². The Labute approximate surface area is 239 Å². The fourth-order valence-electron chi connectivity index (χ4n) is 3.05. The van der Waals surface area contributed by atoms with Gasteiger partial charge >= 0.3 is 0 Å². The van der Waals surface area contributed by atoms with E-state index in [2.05, 4.69) is 0 Å². The van der Waals surface area contributed by atoms with Crippen molar-refractivity contribution in [1.82, 2.24) is 0 Å². The summed E-state index contributed by atoms with van der Waals surface area (Å²) >= 11 is 0. The van der Waals surface area contributed by atoms with Crippen molar-refractivity contribution in [3.63, 3.8) is 0 Å². The second kappa shape index (κ2) is 10.9. The molecule has 1 atom stereocenters. The molecule has 1 heterocycles. The Balaban J connectivity index is 0.